The summed E-state index contributed by atoms with van der Waals surface area (Å²) in [5.74, 6) is 1.93. The third-order valence-corrected chi connectivity index (χ3v) is 7.39. The fraction of sp³-hybridized carbons (Fsp3) is 0.519. The molecule has 4 aliphatic rings. The molecule has 0 aromatic heterocycles. The van der Waals surface area contributed by atoms with E-state index in [4.69, 9.17) is 9.47 Å². The average Bonchev–Trinajstić information content (AvgIpc) is 2.88. The van der Waals surface area contributed by atoms with Gasteiger partial charge in [0.1, 0.15) is 11.9 Å². The van der Waals surface area contributed by atoms with E-state index in [2.05, 4.69) is 15.5 Å². The summed E-state index contributed by atoms with van der Waals surface area (Å²) in [5.41, 5.74) is 2.02. The number of nitrogens with zero attached hydrogens (tertiary/aromatic N) is 1. The van der Waals surface area contributed by atoms with Crippen LogP contribution >= 0.6 is 0 Å². The monoisotopic (exact) mass is 449 g/mol. The molecule has 2 aromatic carbocycles. The van der Waals surface area contributed by atoms with Crippen LogP contribution in [0.5, 0.6) is 5.75 Å². The van der Waals surface area contributed by atoms with E-state index >= 15 is 0 Å². The molecule has 2 N–H and O–H groups in total. The van der Waals surface area contributed by atoms with Gasteiger partial charge in [0.05, 0.1) is 12.6 Å². The number of nitrogens with one attached hydrogen (secondary N) is 2. The van der Waals surface area contributed by atoms with Crippen LogP contribution in [-0.4, -0.2) is 56.4 Å². The van der Waals surface area contributed by atoms with Gasteiger partial charge < -0.3 is 20.1 Å². The molecule has 4 saturated heterocycles. The number of rotatable bonds is 7. The van der Waals surface area contributed by atoms with Crippen LogP contribution in [0.3, 0.4) is 0 Å². The maximum absolute atomic E-state index is 13.0. The fourth-order valence-corrected chi connectivity index (χ4v) is 5.38. The Morgan fingerprint density at radius 2 is 1.76 bits per heavy atom. The highest BCUT2D eigenvalue weighted by Gasteiger charge is 2.36. The highest BCUT2D eigenvalue weighted by Crippen LogP contribution is 2.30. The predicted octanol–water partition coefficient (Wildman–Crippen LogP) is 3.97. The molecule has 176 valence electrons. The van der Waals surface area contributed by atoms with Crippen LogP contribution in [0.25, 0.3) is 0 Å². The highest BCUT2D eigenvalue weighted by molar-refractivity contribution is 5.69. The zero-order valence-electron chi connectivity index (χ0n) is 19.2. The molecule has 1 amide bonds. The lowest BCUT2D eigenvalue weighted by atomic mass is 9.86. The minimum Gasteiger partial charge on any atom is -0.493 e. The van der Waals surface area contributed by atoms with E-state index in [0.29, 0.717) is 11.8 Å². The number of fused-ring (bicyclic) bond motifs is 3. The van der Waals surface area contributed by atoms with Crippen molar-refractivity contribution in [3.05, 3.63) is 65.7 Å². The van der Waals surface area contributed by atoms with E-state index in [-0.39, 0.29) is 18.2 Å². The fourth-order valence-electron chi connectivity index (χ4n) is 5.38. The molecule has 0 spiro atoms. The molecule has 4 heterocycles. The third-order valence-electron chi connectivity index (χ3n) is 7.39. The average molecular weight is 450 g/mol. The molecule has 0 unspecified atom stereocenters. The Kier molecular flexibility index (Phi) is 7.12. The molecular weight excluding hydrogens is 414 g/mol. The summed E-state index contributed by atoms with van der Waals surface area (Å²) in [6, 6.07) is 17.9. The van der Waals surface area contributed by atoms with Crippen LogP contribution in [0.4, 0.5) is 4.79 Å². The van der Waals surface area contributed by atoms with Crippen LogP contribution in [0, 0.1) is 11.8 Å². The Morgan fingerprint density at radius 3 is 2.48 bits per heavy atom. The third kappa shape index (κ3) is 5.68. The first-order valence-electron chi connectivity index (χ1n) is 12.4. The molecular formula is C27H35N3O3. The molecule has 2 aromatic rings. The Balaban J connectivity index is 1.28. The zero-order valence-corrected chi connectivity index (χ0v) is 19.2. The number of ether oxygens (including phenoxy) is 2. The van der Waals surface area contributed by atoms with Crippen molar-refractivity contribution in [1.82, 2.24) is 15.5 Å². The first kappa shape index (κ1) is 22.2. The lowest BCUT2D eigenvalue weighted by Gasteiger charge is -2.43. The molecule has 6 nitrogen and oxygen atoms in total. The Bertz CT molecular complexity index is 908. The largest absolute Gasteiger partial charge is 0.493 e. The van der Waals surface area contributed by atoms with Crippen molar-refractivity contribution in [3.63, 3.8) is 0 Å². The van der Waals surface area contributed by atoms with Gasteiger partial charge in [0.25, 0.3) is 0 Å². The summed E-state index contributed by atoms with van der Waals surface area (Å²) in [6.07, 6.45) is 4.19. The lowest BCUT2D eigenvalue weighted by Crippen LogP contribution is -2.52. The summed E-state index contributed by atoms with van der Waals surface area (Å²) in [6.45, 7) is 5.97. The lowest BCUT2D eigenvalue weighted by molar-refractivity contribution is -0.0336. The van der Waals surface area contributed by atoms with Crippen molar-refractivity contribution < 1.29 is 14.3 Å². The Morgan fingerprint density at radius 1 is 1.00 bits per heavy atom. The minimum atomic E-state index is -0.344. The van der Waals surface area contributed by atoms with Gasteiger partial charge in [0, 0.05) is 6.54 Å². The first-order valence-corrected chi connectivity index (χ1v) is 12.4. The van der Waals surface area contributed by atoms with Crippen LogP contribution < -0.4 is 15.4 Å². The van der Waals surface area contributed by atoms with Crippen molar-refractivity contribution >= 4 is 6.09 Å². The van der Waals surface area contributed by atoms with E-state index in [1.165, 1.54) is 0 Å². The smallest absolute Gasteiger partial charge is 0.408 e. The topological polar surface area (TPSA) is 62.8 Å². The van der Waals surface area contributed by atoms with Gasteiger partial charge in [-0.1, -0.05) is 42.5 Å². The number of benzene rings is 2. The number of alkyl carbamates (subject to hydrolysis) is 1. The number of carbonyl (C=O) groups excluding carboxylic acids is 1. The second kappa shape index (κ2) is 10.6. The number of carbonyl (C=O) groups is 1. The summed E-state index contributed by atoms with van der Waals surface area (Å²) >= 11 is 0. The minimum absolute atomic E-state index is 0.0106. The van der Waals surface area contributed by atoms with Crippen molar-refractivity contribution in [2.45, 2.75) is 37.8 Å². The molecule has 33 heavy (non-hydrogen) atoms. The van der Waals surface area contributed by atoms with E-state index in [0.717, 1.165) is 81.9 Å². The second-order valence-electron chi connectivity index (χ2n) is 9.65. The first-order chi connectivity index (χ1) is 16.2. The van der Waals surface area contributed by atoms with Crippen LogP contribution in [0.2, 0.25) is 0 Å². The summed E-state index contributed by atoms with van der Waals surface area (Å²) in [7, 11) is 0. The maximum atomic E-state index is 13.0. The molecule has 6 heteroatoms. The Labute approximate surface area is 196 Å². The van der Waals surface area contributed by atoms with Crippen molar-refractivity contribution in [3.8, 4) is 5.75 Å². The van der Waals surface area contributed by atoms with E-state index in [9.17, 15) is 4.79 Å². The van der Waals surface area contributed by atoms with Crippen LogP contribution in [0.1, 0.15) is 42.9 Å². The Hall–Kier alpha value is -2.57. The van der Waals surface area contributed by atoms with Crippen LogP contribution in [0.15, 0.2) is 54.6 Å². The van der Waals surface area contributed by atoms with Gasteiger partial charge in [0.15, 0.2) is 0 Å². The SMILES string of the molecule is O=C(N[C@@H](c1ccccc1)c1cccc(OCC2CCNCC2)c1)O[C@H]1CN2CCC1CC2. The van der Waals surface area contributed by atoms with Gasteiger partial charge in [0.2, 0.25) is 0 Å². The quantitative estimate of drug-likeness (QED) is 0.670. The number of hydrogen-bond acceptors (Lipinski definition) is 5. The number of piperidine rings is 4. The van der Waals surface area contributed by atoms with E-state index in [1.807, 2.05) is 54.6 Å². The van der Waals surface area contributed by atoms with E-state index in [1.54, 1.807) is 0 Å². The van der Waals surface area contributed by atoms with Crippen molar-refractivity contribution in [2.24, 2.45) is 11.8 Å². The maximum Gasteiger partial charge on any atom is 0.408 e. The van der Waals surface area contributed by atoms with Crippen molar-refractivity contribution in [1.29, 1.82) is 0 Å². The molecule has 2 atom stereocenters. The van der Waals surface area contributed by atoms with Gasteiger partial charge in [-0.3, -0.25) is 4.90 Å². The molecule has 6 rings (SSSR count). The molecule has 4 fully saturated rings. The molecule has 0 saturated carbocycles. The summed E-state index contributed by atoms with van der Waals surface area (Å²) in [4.78, 5) is 15.4. The zero-order chi connectivity index (χ0) is 22.5. The highest BCUT2D eigenvalue weighted by atomic mass is 16.6. The van der Waals surface area contributed by atoms with Gasteiger partial charge >= 0.3 is 6.09 Å². The van der Waals surface area contributed by atoms with Gasteiger partial charge in [-0.25, -0.2) is 4.79 Å². The standard InChI is InChI=1S/C27H35N3O3/c31-27(33-25-18-30-15-11-21(25)12-16-30)29-26(22-5-2-1-3-6-22)23-7-4-8-24(17-23)32-19-20-9-13-28-14-10-20/h1-8,17,20-21,25-26,28H,9-16,18-19H2,(H,29,31)/t25-,26-/m0/s1. The predicted molar refractivity (Wildman–Crippen MR) is 128 cm³/mol. The molecule has 4 aliphatic heterocycles. The van der Waals surface area contributed by atoms with Crippen LogP contribution in [-0.2, 0) is 4.74 Å². The number of hydrogen-bond donors (Lipinski definition) is 2. The van der Waals surface area contributed by atoms with Gasteiger partial charge in [-0.15, -0.1) is 0 Å². The molecule has 0 radical (unpaired) electrons. The summed E-state index contributed by atoms with van der Waals surface area (Å²) in [5, 5.41) is 6.55. The van der Waals surface area contributed by atoms with E-state index < -0.39 is 0 Å². The normalized spacial score (nSPS) is 25.9. The summed E-state index contributed by atoms with van der Waals surface area (Å²) < 4.78 is 12.1. The van der Waals surface area contributed by atoms with Gasteiger partial charge in [-0.05, 0) is 87.0 Å². The van der Waals surface area contributed by atoms with Gasteiger partial charge in [-0.2, -0.15) is 0 Å². The second-order valence-corrected chi connectivity index (χ2v) is 9.65. The van der Waals surface area contributed by atoms with Crippen molar-refractivity contribution in [2.75, 3.05) is 39.3 Å². The molecule has 0 aliphatic carbocycles. The number of amides is 1. The molecule has 2 bridgehead atoms.